The summed E-state index contributed by atoms with van der Waals surface area (Å²) in [5, 5.41) is 6.92. The smallest absolute Gasteiger partial charge is 0.175 e. The lowest BCUT2D eigenvalue weighted by molar-refractivity contribution is 0.172. The van der Waals surface area contributed by atoms with Crippen LogP contribution in [0.4, 0.5) is 17.1 Å². The first-order chi connectivity index (χ1) is 15.0. The highest BCUT2D eigenvalue weighted by atomic mass is 32.1. The molecule has 0 spiro atoms. The number of benzene rings is 3. The van der Waals surface area contributed by atoms with E-state index in [0.717, 1.165) is 39.1 Å². The predicted octanol–water partition coefficient (Wildman–Crippen LogP) is 4.43. The van der Waals surface area contributed by atoms with Crippen molar-refractivity contribution < 1.29 is 9.47 Å². The Balaban J connectivity index is 1.37. The molecule has 0 saturated carbocycles. The molecule has 3 aromatic carbocycles. The van der Waals surface area contributed by atoms with Gasteiger partial charge in [0.05, 0.1) is 22.1 Å². The average molecular weight is 432 g/mol. The lowest BCUT2D eigenvalue weighted by Gasteiger charge is -2.18. The quantitative estimate of drug-likeness (QED) is 0.365. The van der Waals surface area contributed by atoms with Crippen LogP contribution in [0.5, 0.6) is 11.5 Å². The third kappa shape index (κ3) is 4.02. The molecule has 1 aromatic heterocycles. The Morgan fingerprint density at radius 2 is 1.32 bits per heavy atom. The predicted molar refractivity (Wildman–Crippen MR) is 129 cm³/mol. The summed E-state index contributed by atoms with van der Waals surface area (Å²) >= 11 is 5.47. The highest BCUT2D eigenvalue weighted by Crippen LogP contribution is 2.34. The molecule has 1 aliphatic rings. The number of aromatic nitrogens is 2. The fourth-order valence-corrected chi connectivity index (χ4v) is 3.66. The fraction of sp³-hybridized carbons (Fsp3) is 0.174. The summed E-state index contributed by atoms with van der Waals surface area (Å²) in [6.45, 7) is 1.08. The normalized spacial score (nSPS) is 12.6. The third-order valence-electron chi connectivity index (χ3n) is 5.00. The second-order valence-corrected chi connectivity index (χ2v) is 7.84. The van der Waals surface area contributed by atoms with Crippen molar-refractivity contribution in [3.8, 4) is 11.5 Å². The number of nitrogens with one attached hydrogen (secondary N) is 2. The second kappa shape index (κ2) is 7.88. The number of hydrogen-bond acceptors (Lipinski definition) is 6. The van der Waals surface area contributed by atoms with Crippen molar-refractivity contribution in [3.63, 3.8) is 0 Å². The number of nitrogens with zero attached hydrogens (tertiary/aromatic N) is 3. The number of hydrogen-bond donors (Lipinski definition) is 2. The Kier molecular flexibility index (Phi) is 4.91. The van der Waals surface area contributed by atoms with E-state index < -0.39 is 0 Å². The van der Waals surface area contributed by atoms with Gasteiger partial charge < -0.3 is 25.0 Å². The van der Waals surface area contributed by atoms with E-state index in [0.29, 0.717) is 29.8 Å². The Labute approximate surface area is 185 Å². The topological polar surface area (TPSA) is 71.5 Å². The van der Waals surface area contributed by atoms with E-state index in [2.05, 4.69) is 15.5 Å². The van der Waals surface area contributed by atoms with E-state index >= 15 is 0 Å². The zero-order valence-electron chi connectivity index (χ0n) is 17.2. The van der Waals surface area contributed by atoms with E-state index in [1.807, 2.05) is 68.7 Å². The summed E-state index contributed by atoms with van der Waals surface area (Å²) in [7, 11) is 4.02. The van der Waals surface area contributed by atoms with E-state index in [1.54, 1.807) is 0 Å². The van der Waals surface area contributed by atoms with Gasteiger partial charge in [0.2, 0.25) is 0 Å². The van der Waals surface area contributed by atoms with Crippen molar-refractivity contribution in [1.29, 1.82) is 0 Å². The minimum Gasteiger partial charge on any atom is -0.486 e. The molecular weight excluding hydrogens is 410 g/mol. The van der Waals surface area contributed by atoms with Gasteiger partial charge in [0, 0.05) is 43.3 Å². The molecule has 5 rings (SSSR count). The molecule has 8 heteroatoms. The molecule has 156 valence electrons. The van der Waals surface area contributed by atoms with Crippen LogP contribution in [0, 0.1) is 0 Å². The maximum Gasteiger partial charge on any atom is 0.175 e. The summed E-state index contributed by atoms with van der Waals surface area (Å²) in [5.41, 5.74) is 5.98. The third-order valence-corrected chi connectivity index (χ3v) is 5.20. The molecule has 31 heavy (non-hydrogen) atoms. The van der Waals surface area contributed by atoms with E-state index in [9.17, 15) is 0 Å². The van der Waals surface area contributed by atoms with Gasteiger partial charge in [-0.1, -0.05) is 0 Å². The van der Waals surface area contributed by atoms with Crippen LogP contribution in [0.1, 0.15) is 0 Å². The first-order valence-electron chi connectivity index (χ1n) is 9.92. The van der Waals surface area contributed by atoms with Crippen LogP contribution >= 0.6 is 12.2 Å². The maximum atomic E-state index is 5.66. The molecule has 1 aliphatic heterocycles. The second-order valence-electron chi connectivity index (χ2n) is 7.43. The highest BCUT2D eigenvalue weighted by molar-refractivity contribution is 7.80. The molecule has 2 N–H and O–H groups in total. The van der Waals surface area contributed by atoms with Crippen LogP contribution < -0.4 is 25.0 Å². The Morgan fingerprint density at radius 3 is 1.97 bits per heavy atom. The van der Waals surface area contributed by atoms with Gasteiger partial charge in [0.25, 0.3) is 0 Å². The first-order valence-corrected chi connectivity index (χ1v) is 10.3. The Hall–Kier alpha value is -3.65. The lowest BCUT2D eigenvalue weighted by atomic mass is 10.2. The summed E-state index contributed by atoms with van der Waals surface area (Å²) in [6, 6.07) is 17.6. The van der Waals surface area contributed by atoms with Crippen LogP contribution in [0.15, 0.2) is 54.6 Å². The molecule has 0 unspecified atom stereocenters. The van der Waals surface area contributed by atoms with Gasteiger partial charge in [0.15, 0.2) is 16.6 Å². The van der Waals surface area contributed by atoms with Crippen LogP contribution in [0.25, 0.3) is 22.1 Å². The van der Waals surface area contributed by atoms with Crippen LogP contribution in [-0.2, 0) is 0 Å². The van der Waals surface area contributed by atoms with Crippen molar-refractivity contribution >= 4 is 56.5 Å². The molecule has 0 aliphatic carbocycles. The minimum atomic E-state index is 0.505. The van der Waals surface area contributed by atoms with Gasteiger partial charge in [-0.3, -0.25) is 0 Å². The zero-order valence-corrected chi connectivity index (χ0v) is 18.0. The zero-order chi connectivity index (χ0) is 21.4. The highest BCUT2D eigenvalue weighted by Gasteiger charge is 2.14. The molecule has 4 aromatic rings. The van der Waals surface area contributed by atoms with Gasteiger partial charge in [-0.15, -0.1) is 0 Å². The molecule has 0 amide bonds. The first kappa shape index (κ1) is 19.3. The number of fused-ring (bicyclic) bond motifs is 3. The van der Waals surface area contributed by atoms with Crippen molar-refractivity contribution in [1.82, 2.24) is 9.97 Å². The summed E-state index contributed by atoms with van der Waals surface area (Å²) in [6.07, 6.45) is 0. The van der Waals surface area contributed by atoms with Crippen LogP contribution in [0.3, 0.4) is 0 Å². The van der Waals surface area contributed by atoms with Gasteiger partial charge >= 0.3 is 0 Å². The maximum absolute atomic E-state index is 5.66. The van der Waals surface area contributed by atoms with Crippen molar-refractivity contribution in [2.45, 2.75) is 0 Å². The minimum absolute atomic E-state index is 0.505. The average Bonchev–Trinajstić information content (AvgIpc) is 2.76. The van der Waals surface area contributed by atoms with Crippen molar-refractivity contribution in [2.24, 2.45) is 0 Å². The summed E-state index contributed by atoms with van der Waals surface area (Å²) in [4.78, 5) is 11.5. The molecule has 2 heterocycles. The summed E-state index contributed by atoms with van der Waals surface area (Å²) in [5.74, 6) is 1.41. The van der Waals surface area contributed by atoms with E-state index in [1.165, 1.54) is 0 Å². The lowest BCUT2D eigenvalue weighted by Crippen LogP contribution is -2.19. The van der Waals surface area contributed by atoms with Crippen LogP contribution in [-0.4, -0.2) is 42.4 Å². The van der Waals surface area contributed by atoms with Crippen molar-refractivity contribution in [3.05, 3.63) is 54.6 Å². The monoisotopic (exact) mass is 431 g/mol. The van der Waals surface area contributed by atoms with E-state index in [-0.39, 0.29) is 0 Å². The fourth-order valence-electron chi connectivity index (χ4n) is 3.43. The molecule has 0 bridgehead atoms. The SMILES string of the molecule is CN(C)c1ccc(NC(=S)Nc2ccc3nc4cc5c(cc4nc3c2)OCCO5)cc1. The molecule has 0 fully saturated rings. The van der Waals surface area contributed by atoms with Gasteiger partial charge in [-0.2, -0.15) is 0 Å². The van der Waals surface area contributed by atoms with Crippen LogP contribution in [0.2, 0.25) is 0 Å². The number of ether oxygens (including phenoxy) is 2. The number of thiocarbonyl (C=S) groups is 1. The van der Waals surface area contributed by atoms with Crippen molar-refractivity contribution in [2.75, 3.05) is 42.8 Å². The summed E-state index contributed by atoms with van der Waals surface area (Å²) < 4.78 is 11.3. The Bertz CT molecular complexity index is 1290. The Morgan fingerprint density at radius 1 is 0.774 bits per heavy atom. The number of rotatable bonds is 3. The van der Waals surface area contributed by atoms with Gasteiger partial charge in [-0.05, 0) is 54.7 Å². The molecule has 0 radical (unpaired) electrons. The van der Waals surface area contributed by atoms with E-state index in [4.69, 9.17) is 31.7 Å². The molecule has 7 nitrogen and oxygen atoms in total. The van der Waals surface area contributed by atoms with Gasteiger partial charge in [0.1, 0.15) is 13.2 Å². The number of anilines is 3. The largest absolute Gasteiger partial charge is 0.486 e. The molecule has 0 atom stereocenters. The molecular formula is C23H21N5O2S. The molecule has 0 saturated heterocycles. The standard InChI is InChI=1S/C23H21N5O2S/c1-28(2)16-6-3-14(4-7-16)24-23(31)25-15-5-8-17-18(11-15)27-20-13-22-21(12-19(20)26-17)29-9-10-30-22/h3-8,11-13H,9-10H2,1-2H3,(H2,24,25,31). The van der Waals surface area contributed by atoms with Gasteiger partial charge in [-0.25, -0.2) is 9.97 Å².